The molecular formula is C35H42FN7O5. The second-order valence-corrected chi connectivity index (χ2v) is 14.1. The molecule has 0 radical (unpaired) electrons. The SMILES string of the molecule is CCc1c(F)ccc2cc(O)cc(N3CCc4c(nc(OCC5(CN6CCOCC6)CC5)nc4N4CCCC5(C4)NC(=O)NC5=O)C3)c12. The van der Waals surface area contributed by atoms with E-state index in [4.69, 9.17) is 19.4 Å². The number of morpholine rings is 1. The molecule has 3 amide bonds. The summed E-state index contributed by atoms with van der Waals surface area (Å²) >= 11 is 0. The van der Waals surface area contributed by atoms with Gasteiger partial charge in [-0.15, -0.1) is 0 Å². The molecule has 13 heteroatoms. The number of nitrogens with one attached hydrogen (secondary N) is 2. The summed E-state index contributed by atoms with van der Waals surface area (Å²) in [5.74, 6) is 0.274. The number of carbonyl (C=O) groups excluding carboxylic acids is 2. The van der Waals surface area contributed by atoms with Gasteiger partial charge in [-0.1, -0.05) is 13.0 Å². The molecule has 2 aromatic carbocycles. The second-order valence-electron chi connectivity index (χ2n) is 14.1. The van der Waals surface area contributed by atoms with E-state index in [0.717, 1.165) is 79.2 Å². The number of fused-ring (bicyclic) bond motifs is 2. The number of amides is 3. The number of aromatic nitrogens is 2. The van der Waals surface area contributed by atoms with Crippen molar-refractivity contribution in [2.75, 3.05) is 68.9 Å². The first-order valence-electron chi connectivity index (χ1n) is 17.2. The molecule has 1 spiro atoms. The first kappa shape index (κ1) is 31.1. The van der Waals surface area contributed by atoms with Crippen LogP contribution in [0.2, 0.25) is 0 Å². The number of nitrogens with zero attached hydrogens (tertiary/aromatic N) is 5. The van der Waals surface area contributed by atoms with Crippen molar-refractivity contribution in [2.45, 2.75) is 57.5 Å². The van der Waals surface area contributed by atoms with Crippen LogP contribution in [-0.4, -0.2) is 96.5 Å². The number of phenolic OH excluding ortho intramolecular Hbond substituents is 1. The predicted molar refractivity (Wildman–Crippen MR) is 177 cm³/mol. The van der Waals surface area contributed by atoms with Gasteiger partial charge in [-0.05, 0) is 61.6 Å². The Kier molecular flexibility index (Phi) is 7.78. The number of aryl methyl sites for hydroxylation is 1. The maximum Gasteiger partial charge on any atom is 0.322 e. The number of hydrogen-bond acceptors (Lipinski definition) is 10. The van der Waals surface area contributed by atoms with E-state index in [9.17, 15) is 14.7 Å². The number of rotatable bonds is 8. The van der Waals surface area contributed by atoms with Gasteiger partial charge in [0.15, 0.2) is 0 Å². The van der Waals surface area contributed by atoms with Crippen molar-refractivity contribution < 1.29 is 28.6 Å². The van der Waals surface area contributed by atoms with Crippen LogP contribution in [0.3, 0.4) is 0 Å². The molecule has 1 atom stereocenters. The summed E-state index contributed by atoms with van der Waals surface area (Å²) in [5, 5.41) is 17.6. The lowest BCUT2D eigenvalue weighted by Gasteiger charge is -2.40. The molecule has 4 fully saturated rings. The van der Waals surface area contributed by atoms with Crippen LogP contribution in [0.15, 0.2) is 24.3 Å². The Morgan fingerprint density at radius 2 is 1.90 bits per heavy atom. The average Bonchev–Trinajstić information content (AvgIpc) is 3.80. The number of carbonyl (C=O) groups is 2. The molecule has 48 heavy (non-hydrogen) atoms. The lowest BCUT2D eigenvalue weighted by Crippen LogP contribution is -2.59. The van der Waals surface area contributed by atoms with Gasteiger partial charge in [-0.3, -0.25) is 15.0 Å². The van der Waals surface area contributed by atoms with E-state index >= 15 is 4.39 Å². The zero-order valence-electron chi connectivity index (χ0n) is 27.3. The van der Waals surface area contributed by atoms with E-state index in [2.05, 4.69) is 25.3 Å². The van der Waals surface area contributed by atoms with Crippen molar-refractivity contribution in [3.63, 3.8) is 0 Å². The number of benzene rings is 2. The number of urea groups is 1. The molecule has 254 valence electrons. The summed E-state index contributed by atoms with van der Waals surface area (Å²) < 4.78 is 27.0. The molecule has 3 saturated heterocycles. The van der Waals surface area contributed by atoms with Crippen LogP contribution >= 0.6 is 0 Å². The highest BCUT2D eigenvalue weighted by molar-refractivity contribution is 6.07. The third-order valence-electron chi connectivity index (χ3n) is 10.8. The molecule has 1 aliphatic carbocycles. The number of piperidine rings is 1. The molecule has 5 heterocycles. The molecule has 1 saturated carbocycles. The summed E-state index contributed by atoms with van der Waals surface area (Å²) in [5.41, 5.74) is 2.20. The maximum absolute atomic E-state index is 15.0. The number of ether oxygens (including phenoxy) is 2. The number of anilines is 2. The van der Waals surface area contributed by atoms with Crippen molar-refractivity contribution in [3.05, 3.63) is 46.9 Å². The molecular weight excluding hydrogens is 617 g/mol. The highest BCUT2D eigenvalue weighted by atomic mass is 19.1. The van der Waals surface area contributed by atoms with Gasteiger partial charge in [0.25, 0.3) is 5.91 Å². The van der Waals surface area contributed by atoms with Crippen molar-refractivity contribution in [1.82, 2.24) is 25.5 Å². The van der Waals surface area contributed by atoms with E-state index in [1.807, 2.05) is 6.92 Å². The fourth-order valence-corrected chi connectivity index (χ4v) is 8.02. The third-order valence-corrected chi connectivity index (χ3v) is 10.8. The molecule has 8 rings (SSSR count). The number of aromatic hydroxyl groups is 1. The van der Waals surface area contributed by atoms with Gasteiger partial charge < -0.3 is 29.7 Å². The van der Waals surface area contributed by atoms with E-state index in [1.165, 1.54) is 6.07 Å². The lowest BCUT2D eigenvalue weighted by atomic mass is 9.88. The van der Waals surface area contributed by atoms with Crippen LogP contribution in [0.5, 0.6) is 11.8 Å². The van der Waals surface area contributed by atoms with Crippen molar-refractivity contribution in [3.8, 4) is 11.8 Å². The predicted octanol–water partition coefficient (Wildman–Crippen LogP) is 3.27. The number of phenols is 1. The van der Waals surface area contributed by atoms with Gasteiger partial charge >= 0.3 is 12.0 Å². The van der Waals surface area contributed by atoms with Gasteiger partial charge in [-0.25, -0.2) is 9.18 Å². The molecule has 1 aromatic heterocycles. The normalized spacial score (nSPS) is 23.7. The molecule has 3 aromatic rings. The van der Waals surface area contributed by atoms with Crippen LogP contribution in [0, 0.1) is 11.2 Å². The molecule has 1 unspecified atom stereocenters. The molecule has 4 aliphatic heterocycles. The molecule has 5 aliphatic rings. The number of imide groups is 1. The first-order chi connectivity index (χ1) is 23.2. The zero-order valence-corrected chi connectivity index (χ0v) is 27.3. The highest BCUT2D eigenvalue weighted by Gasteiger charge is 2.50. The standard InChI is InChI=1S/C35H42FN7O5/c1-2-24-26(36)5-4-22-16-23(44)17-28(29(22)24)42-11-6-25-27(18-42)37-33(48-21-34(8-9-34)19-41-12-14-47-15-13-41)38-30(25)43-10-3-7-35(20-43)31(45)39-32(46)40-35/h4-5,16-17,44H,2-3,6-15,18-21H2,1H3,(H2,39,40,45,46). The summed E-state index contributed by atoms with van der Waals surface area (Å²) in [6.45, 7) is 8.72. The Morgan fingerprint density at radius 1 is 1.06 bits per heavy atom. The maximum atomic E-state index is 15.0. The van der Waals surface area contributed by atoms with Crippen LogP contribution in [0.25, 0.3) is 10.8 Å². The van der Waals surface area contributed by atoms with Crippen molar-refractivity contribution in [1.29, 1.82) is 0 Å². The van der Waals surface area contributed by atoms with E-state index in [0.29, 0.717) is 70.0 Å². The second kappa shape index (κ2) is 12.0. The number of hydrogen-bond donors (Lipinski definition) is 3. The summed E-state index contributed by atoms with van der Waals surface area (Å²) in [6.07, 6.45) is 4.54. The Balaban J connectivity index is 1.14. The molecule has 3 N–H and O–H groups in total. The third kappa shape index (κ3) is 5.66. The summed E-state index contributed by atoms with van der Waals surface area (Å²) in [6, 6.07) is 6.39. The minimum atomic E-state index is -1.01. The fraction of sp³-hybridized carbons (Fsp3) is 0.543. The summed E-state index contributed by atoms with van der Waals surface area (Å²) in [4.78, 5) is 41.8. The molecule has 0 bridgehead atoms. The van der Waals surface area contributed by atoms with Crippen LogP contribution < -0.4 is 25.2 Å². The van der Waals surface area contributed by atoms with E-state index in [-0.39, 0.29) is 22.9 Å². The average molecular weight is 660 g/mol. The monoisotopic (exact) mass is 659 g/mol. The van der Waals surface area contributed by atoms with Gasteiger partial charge in [0.05, 0.1) is 38.6 Å². The van der Waals surface area contributed by atoms with Crippen LogP contribution in [0.4, 0.5) is 20.7 Å². The Bertz CT molecular complexity index is 1780. The van der Waals surface area contributed by atoms with Gasteiger partial charge in [-0.2, -0.15) is 9.97 Å². The zero-order chi connectivity index (χ0) is 33.0. The highest BCUT2D eigenvalue weighted by Crippen LogP contribution is 2.47. The molecule has 12 nitrogen and oxygen atoms in total. The van der Waals surface area contributed by atoms with E-state index in [1.54, 1.807) is 18.2 Å². The Hall–Kier alpha value is -4.23. The van der Waals surface area contributed by atoms with Crippen LogP contribution in [0.1, 0.15) is 49.4 Å². The number of halogens is 1. The van der Waals surface area contributed by atoms with Crippen LogP contribution in [-0.2, 0) is 28.9 Å². The smallest absolute Gasteiger partial charge is 0.322 e. The topological polar surface area (TPSA) is 132 Å². The van der Waals surface area contributed by atoms with Crippen molar-refractivity contribution >= 4 is 34.2 Å². The minimum Gasteiger partial charge on any atom is -0.508 e. The van der Waals surface area contributed by atoms with Gasteiger partial charge in [0, 0.05) is 60.8 Å². The van der Waals surface area contributed by atoms with E-state index < -0.39 is 11.6 Å². The van der Waals surface area contributed by atoms with Gasteiger partial charge in [0.1, 0.15) is 22.9 Å². The fourth-order valence-electron chi connectivity index (χ4n) is 8.02. The first-order valence-corrected chi connectivity index (χ1v) is 17.2. The lowest BCUT2D eigenvalue weighted by molar-refractivity contribution is -0.124. The minimum absolute atomic E-state index is 0.0608. The Morgan fingerprint density at radius 3 is 2.65 bits per heavy atom. The quantitative estimate of drug-likeness (QED) is 0.310. The van der Waals surface area contributed by atoms with Gasteiger partial charge in [0.2, 0.25) is 0 Å². The largest absolute Gasteiger partial charge is 0.508 e. The summed E-state index contributed by atoms with van der Waals surface area (Å²) in [7, 11) is 0. The van der Waals surface area contributed by atoms with Crippen molar-refractivity contribution in [2.24, 2.45) is 5.41 Å². The Labute approximate surface area is 278 Å².